The van der Waals surface area contributed by atoms with Crippen molar-refractivity contribution in [2.75, 3.05) is 0 Å². The molecule has 0 fully saturated rings. The van der Waals surface area contributed by atoms with E-state index in [2.05, 4.69) is 9.73 Å². The van der Waals surface area contributed by atoms with E-state index in [1.165, 1.54) is 29.5 Å². The van der Waals surface area contributed by atoms with Crippen LogP contribution in [-0.4, -0.2) is 17.1 Å². The first-order chi connectivity index (χ1) is 10.0. The number of ether oxygens (including phenoxy) is 1. The first-order valence-electron chi connectivity index (χ1n) is 5.96. The Morgan fingerprint density at radius 2 is 2.10 bits per heavy atom. The molecule has 4 nitrogen and oxygen atoms in total. The van der Waals surface area contributed by atoms with Gasteiger partial charge in [-0.05, 0) is 23.8 Å². The van der Waals surface area contributed by atoms with Crippen LogP contribution in [0.3, 0.4) is 0 Å². The average Bonchev–Trinajstić information content (AvgIpc) is 2.83. The summed E-state index contributed by atoms with van der Waals surface area (Å²) in [5, 5.41) is 1.83. The molecule has 2 rings (SSSR count). The summed E-state index contributed by atoms with van der Waals surface area (Å²) in [4.78, 5) is 16.2. The van der Waals surface area contributed by atoms with Gasteiger partial charge in [0.1, 0.15) is 5.75 Å². The summed E-state index contributed by atoms with van der Waals surface area (Å²) in [5.41, 5.74) is 0.690. The Kier molecular flexibility index (Phi) is 4.99. The first kappa shape index (κ1) is 15.1. The second kappa shape index (κ2) is 6.94. The molecular formula is C14H12F2N2O2S. The number of aryl methyl sites for hydroxylation is 1. The smallest absolute Gasteiger partial charge is 0.387 e. The third-order valence-electron chi connectivity index (χ3n) is 2.49. The lowest BCUT2D eigenvalue weighted by Crippen LogP contribution is -2.11. The lowest BCUT2D eigenvalue weighted by molar-refractivity contribution is -0.113. The van der Waals surface area contributed by atoms with Gasteiger partial charge in [-0.25, -0.2) is 0 Å². The van der Waals surface area contributed by atoms with Crippen LogP contribution in [0.1, 0.15) is 5.56 Å². The Balaban J connectivity index is 2.04. The van der Waals surface area contributed by atoms with E-state index in [4.69, 9.17) is 0 Å². The number of rotatable bonds is 4. The van der Waals surface area contributed by atoms with Crippen molar-refractivity contribution in [1.29, 1.82) is 0 Å². The highest BCUT2D eigenvalue weighted by Gasteiger charge is 2.03. The van der Waals surface area contributed by atoms with Gasteiger partial charge in [0.05, 0.1) is 0 Å². The molecule has 0 spiro atoms. The number of alkyl halides is 2. The number of hydrogen-bond acceptors (Lipinski definition) is 3. The van der Waals surface area contributed by atoms with Crippen molar-refractivity contribution in [2.24, 2.45) is 12.0 Å². The van der Waals surface area contributed by atoms with E-state index in [0.29, 0.717) is 10.4 Å². The first-order valence-corrected chi connectivity index (χ1v) is 6.84. The van der Waals surface area contributed by atoms with Crippen LogP contribution >= 0.6 is 11.3 Å². The van der Waals surface area contributed by atoms with E-state index in [9.17, 15) is 13.6 Å². The maximum absolute atomic E-state index is 12.0. The van der Waals surface area contributed by atoms with Crippen LogP contribution in [0.4, 0.5) is 8.78 Å². The maximum Gasteiger partial charge on any atom is 0.387 e. The highest BCUT2D eigenvalue weighted by Crippen LogP contribution is 2.15. The van der Waals surface area contributed by atoms with E-state index in [0.717, 1.165) is 0 Å². The minimum atomic E-state index is -2.85. The molecule has 0 bridgehead atoms. The molecule has 1 amide bonds. The van der Waals surface area contributed by atoms with Gasteiger partial charge in [0.2, 0.25) is 0 Å². The van der Waals surface area contributed by atoms with E-state index < -0.39 is 6.61 Å². The molecule has 21 heavy (non-hydrogen) atoms. The fraction of sp³-hybridized carbons (Fsp3) is 0.143. The zero-order valence-electron chi connectivity index (χ0n) is 11.1. The van der Waals surface area contributed by atoms with Gasteiger partial charge in [-0.15, -0.1) is 11.3 Å². The molecule has 0 N–H and O–H groups in total. The number of carbonyl (C=O) groups excluding carboxylic acids is 1. The molecule has 0 unspecified atom stereocenters. The zero-order chi connectivity index (χ0) is 15.2. The second-order valence-corrected chi connectivity index (χ2v) is 4.90. The fourth-order valence-electron chi connectivity index (χ4n) is 1.49. The predicted octanol–water partition coefficient (Wildman–Crippen LogP) is 2.83. The molecule has 1 heterocycles. The molecule has 7 heteroatoms. The van der Waals surface area contributed by atoms with Gasteiger partial charge >= 0.3 is 6.61 Å². The van der Waals surface area contributed by atoms with Crippen LogP contribution in [0.2, 0.25) is 0 Å². The van der Waals surface area contributed by atoms with Gasteiger partial charge in [0.25, 0.3) is 5.91 Å². The van der Waals surface area contributed by atoms with E-state index in [-0.39, 0.29) is 11.7 Å². The molecule has 0 aliphatic rings. The van der Waals surface area contributed by atoms with E-state index in [1.807, 2.05) is 11.6 Å². The van der Waals surface area contributed by atoms with Crippen molar-refractivity contribution in [2.45, 2.75) is 6.61 Å². The fourth-order valence-corrected chi connectivity index (χ4v) is 2.23. The summed E-state index contributed by atoms with van der Waals surface area (Å²) in [7, 11) is 1.80. The largest absolute Gasteiger partial charge is 0.435 e. The van der Waals surface area contributed by atoms with Crippen LogP contribution in [0.5, 0.6) is 5.75 Å². The van der Waals surface area contributed by atoms with Crippen LogP contribution in [0.15, 0.2) is 46.9 Å². The minimum Gasteiger partial charge on any atom is -0.435 e. The zero-order valence-corrected chi connectivity index (χ0v) is 11.9. The van der Waals surface area contributed by atoms with Gasteiger partial charge in [-0.3, -0.25) is 4.79 Å². The maximum atomic E-state index is 12.0. The lowest BCUT2D eigenvalue weighted by Gasteiger charge is -2.03. The number of carbonyl (C=O) groups is 1. The SMILES string of the molecule is Cn1ccsc1=NC(=O)/C=C/c1ccc(OC(F)F)cc1. The number of hydrogen-bond donors (Lipinski definition) is 0. The molecule has 0 aliphatic carbocycles. The van der Waals surface area contributed by atoms with Crippen LogP contribution in [0, 0.1) is 0 Å². The van der Waals surface area contributed by atoms with Gasteiger partial charge in [-0.2, -0.15) is 13.8 Å². The molecule has 1 aromatic carbocycles. The van der Waals surface area contributed by atoms with Crippen LogP contribution < -0.4 is 9.54 Å². The number of benzene rings is 1. The molecule has 0 aliphatic heterocycles. The van der Waals surface area contributed by atoms with Crippen molar-refractivity contribution in [3.05, 3.63) is 52.3 Å². The molecule has 1 aromatic heterocycles. The molecule has 2 aromatic rings. The van der Waals surface area contributed by atoms with E-state index >= 15 is 0 Å². The number of thiazole rings is 1. The highest BCUT2D eigenvalue weighted by molar-refractivity contribution is 7.07. The van der Waals surface area contributed by atoms with Crippen LogP contribution in [0.25, 0.3) is 6.08 Å². The Morgan fingerprint density at radius 1 is 1.38 bits per heavy atom. The Hall–Kier alpha value is -2.28. The molecule has 110 valence electrons. The predicted molar refractivity (Wildman–Crippen MR) is 76.0 cm³/mol. The third-order valence-corrected chi connectivity index (χ3v) is 3.34. The quantitative estimate of drug-likeness (QED) is 0.815. The number of amides is 1. The van der Waals surface area contributed by atoms with Crippen LogP contribution in [-0.2, 0) is 11.8 Å². The summed E-state index contributed by atoms with van der Waals surface area (Å²) in [6, 6.07) is 5.97. The van der Waals surface area contributed by atoms with Crippen molar-refractivity contribution >= 4 is 23.3 Å². The number of nitrogens with zero attached hydrogens (tertiary/aromatic N) is 2. The molecule has 0 saturated carbocycles. The average molecular weight is 310 g/mol. The monoisotopic (exact) mass is 310 g/mol. The van der Waals surface area contributed by atoms with Crippen molar-refractivity contribution in [3.63, 3.8) is 0 Å². The van der Waals surface area contributed by atoms with E-state index in [1.54, 1.807) is 29.8 Å². The summed E-state index contributed by atoms with van der Waals surface area (Å²) < 4.78 is 30.0. The van der Waals surface area contributed by atoms with Crippen molar-refractivity contribution < 1.29 is 18.3 Å². The number of aromatic nitrogens is 1. The van der Waals surface area contributed by atoms with Crippen molar-refractivity contribution in [3.8, 4) is 5.75 Å². The molecule has 0 saturated heterocycles. The normalized spacial score (nSPS) is 12.3. The lowest BCUT2D eigenvalue weighted by atomic mass is 10.2. The Morgan fingerprint density at radius 3 is 2.67 bits per heavy atom. The standard InChI is InChI=1S/C14H12F2N2O2S/c1-18-8-9-21-14(18)17-12(19)7-4-10-2-5-11(6-3-10)20-13(15)16/h2-9,13H,1H3/b7-4+,17-14?. The van der Waals surface area contributed by atoms with Crippen molar-refractivity contribution in [1.82, 2.24) is 4.57 Å². The molecule has 0 radical (unpaired) electrons. The van der Waals surface area contributed by atoms with Gasteiger partial charge in [-0.1, -0.05) is 12.1 Å². The van der Waals surface area contributed by atoms with Gasteiger partial charge in [0.15, 0.2) is 4.80 Å². The topological polar surface area (TPSA) is 43.6 Å². The van der Waals surface area contributed by atoms with Gasteiger partial charge < -0.3 is 9.30 Å². The third kappa shape index (κ3) is 4.64. The molecule has 0 atom stereocenters. The Bertz CT molecular complexity index is 702. The van der Waals surface area contributed by atoms with Gasteiger partial charge in [0, 0.05) is 24.7 Å². The Labute approximate surface area is 123 Å². The summed E-state index contributed by atoms with van der Waals surface area (Å²) in [6.45, 7) is -2.85. The summed E-state index contributed by atoms with van der Waals surface area (Å²) >= 11 is 1.36. The highest BCUT2D eigenvalue weighted by atomic mass is 32.1. The second-order valence-electron chi connectivity index (χ2n) is 4.03. The number of halogens is 2. The summed E-state index contributed by atoms with van der Waals surface area (Å²) in [5.74, 6) is -0.315. The molecular weight excluding hydrogens is 298 g/mol. The summed E-state index contributed by atoms with van der Waals surface area (Å²) in [6.07, 6.45) is 4.69. The minimum absolute atomic E-state index is 0.0729.